The number of nitrogens with zero attached hydrogens (tertiary/aromatic N) is 3. The van der Waals surface area contributed by atoms with Crippen molar-refractivity contribution >= 4 is 11.6 Å². The molecule has 1 amide bonds. The molecule has 1 aromatic carbocycles. The Morgan fingerprint density at radius 2 is 1.82 bits per heavy atom. The summed E-state index contributed by atoms with van der Waals surface area (Å²) in [6.07, 6.45) is 3.18. The van der Waals surface area contributed by atoms with Crippen LogP contribution in [0, 0.1) is 0 Å². The lowest BCUT2D eigenvalue weighted by Crippen LogP contribution is -2.46. The molecule has 0 atom stereocenters. The highest BCUT2D eigenvalue weighted by atomic mass is 16.5. The molecule has 0 radical (unpaired) electrons. The van der Waals surface area contributed by atoms with E-state index in [-0.39, 0.29) is 23.6 Å². The first-order chi connectivity index (χ1) is 16.6. The average molecular weight is 467 g/mol. The molecule has 9 heteroatoms. The van der Waals surface area contributed by atoms with Gasteiger partial charge < -0.3 is 28.7 Å². The molecule has 3 aromatic rings. The second-order valence-corrected chi connectivity index (χ2v) is 8.14. The topological polar surface area (TPSA) is 89.2 Å². The smallest absolute Gasteiger partial charge is 0.240 e. The first kappa shape index (κ1) is 23.4. The number of aromatic nitrogens is 1. The molecule has 0 saturated carbocycles. The molecule has 0 aliphatic carbocycles. The molecule has 1 fully saturated rings. The van der Waals surface area contributed by atoms with Gasteiger partial charge in [0.05, 0.1) is 33.2 Å². The van der Waals surface area contributed by atoms with E-state index in [2.05, 4.69) is 27.2 Å². The van der Waals surface area contributed by atoms with Crippen LogP contribution in [-0.2, 0) is 24.4 Å². The lowest BCUT2D eigenvalue weighted by Gasteiger charge is -2.36. The van der Waals surface area contributed by atoms with Crippen molar-refractivity contribution in [3.05, 3.63) is 76.6 Å². The minimum absolute atomic E-state index is 0.0818. The molecule has 1 saturated heterocycles. The first-order valence-electron chi connectivity index (χ1n) is 11.2. The zero-order chi connectivity index (χ0) is 23.9. The lowest BCUT2D eigenvalue weighted by molar-refractivity contribution is -0.122. The zero-order valence-electron chi connectivity index (χ0n) is 19.5. The monoisotopic (exact) mass is 466 g/mol. The van der Waals surface area contributed by atoms with Crippen molar-refractivity contribution in [1.82, 2.24) is 14.8 Å². The van der Waals surface area contributed by atoms with Gasteiger partial charge in [0.1, 0.15) is 18.1 Å². The summed E-state index contributed by atoms with van der Waals surface area (Å²) in [5.74, 6) is 1.56. The maximum Gasteiger partial charge on any atom is 0.240 e. The summed E-state index contributed by atoms with van der Waals surface area (Å²) in [7, 11) is 3.12. The molecular formula is C25H30N4O5. The van der Waals surface area contributed by atoms with Gasteiger partial charge in [-0.05, 0) is 36.4 Å². The summed E-state index contributed by atoms with van der Waals surface area (Å²) >= 11 is 0. The zero-order valence-corrected chi connectivity index (χ0v) is 19.5. The summed E-state index contributed by atoms with van der Waals surface area (Å²) in [6.45, 7) is 4.39. The van der Waals surface area contributed by atoms with Crippen molar-refractivity contribution in [2.45, 2.75) is 19.6 Å². The van der Waals surface area contributed by atoms with Gasteiger partial charge in [-0.1, -0.05) is 0 Å². The van der Waals surface area contributed by atoms with Crippen LogP contribution in [0.15, 0.2) is 64.1 Å². The number of hydrogen-bond acceptors (Lipinski definition) is 7. The molecule has 3 heterocycles. The number of benzene rings is 1. The van der Waals surface area contributed by atoms with E-state index in [9.17, 15) is 9.59 Å². The highest BCUT2D eigenvalue weighted by molar-refractivity contribution is 5.75. The standard InChI is InChI=1S/C25H30N4O5/c1-32-21-7-5-19(6-8-21)28-11-9-27(10-12-28)16-20-14-23(30)24(33-2)17-29(20)18-25(31)26-15-22-4-3-13-34-22/h3-8,13-14,17H,9-12,15-16,18H2,1-2H3,(H,26,31). The van der Waals surface area contributed by atoms with E-state index >= 15 is 0 Å². The molecule has 1 aliphatic heterocycles. The van der Waals surface area contributed by atoms with Crippen LogP contribution in [0.25, 0.3) is 0 Å². The van der Waals surface area contributed by atoms with Crippen LogP contribution in [0.1, 0.15) is 11.5 Å². The molecule has 34 heavy (non-hydrogen) atoms. The summed E-state index contributed by atoms with van der Waals surface area (Å²) in [5, 5.41) is 2.85. The van der Waals surface area contributed by atoms with Gasteiger partial charge in [-0.25, -0.2) is 0 Å². The molecule has 4 rings (SSSR count). The van der Waals surface area contributed by atoms with Gasteiger partial charge in [-0.15, -0.1) is 0 Å². The number of methoxy groups -OCH3 is 2. The van der Waals surface area contributed by atoms with Crippen molar-refractivity contribution in [1.29, 1.82) is 0 Å². The molecule has 180 valence electrons. The molecule has 2 aromatic heterocycles. The highest BCUT2D eigenvalue weighted by Crippen LogP contribution is 2.21. The quantitative estimate of drug-likeness (QED) is 0.517. The van der Waals surface area contributed by atoms with Crippen LogP contribution in [0.2, 0.25) is 0 Å². The Bertz CT molecular complexity index is 1130. The maximum absolute atomic E-state index is 12.6. The van der Waals surface area contributed by atoms with Crippen LogP contribution in [0.4, 0.5) is 5.69 Å². The van der Waals surface area contributed by atoms with Crippen LogP contribution >= 0.6 is 0 Å². The van der Waals surface area contributed by atoms with Crippen LogP contribution in [0.5, 0.6) is 11.5 Å². The predicted octanol–water partition coefficient (Wildman–Crippen LogP) is 2.10. The summed E-state index contributed by atoms with van der Waals surface area (Å²) in [6, 6.07) is 13.2. The number of nitrogens with one attached hydrogen (secondary N) is 1. The molecule has 1 aliphatic rings. The molecule has 0 bridgehead atoms. The fraction of sp³-hybridized carbons (Fsp3) is 0.360. The van der Waals surface area contributed by atoms with Gasteiger partial charge in [0.2, 0.25) is 11.3 Å². The molecule has 0 unspecified atom stereocenters. The van der Waals surface area contributed by atoms with Gasteiger partial charge in [-0.3, -0.25) is 14.5 Å². The second-order valence-electron chi connectivity index (χ2n) is 8.14. The van der Waals surface area contributed by atoms with E-state index in [0.717, 1.165) is 43.3 Å². The van der Waals surface area contributed by atoms with E-state index in [0.29, 0.717) is 18.8 Å². The first-order valence-corrected chi connectivity index (χ1v) is 11.2. The number of carbonyl (C=O) groups is 1. The fourth-order valence-corrected chi connectivity index (χ4v) is 4.03. The lowest BCUT2D eigenvalue weighted by atomic mass is 10.2. The number of piperazine rings is 1. The second kappa shape index (κ2) is 10.9. The number of rotatable bonds is 9. The van der Waals surface area contributed by atoms with Crippen LogP contribution < -0.4 is 25.1 Å². The Balaban J connectivity index is 1.40. The van der Waals surface area contributed by atoms with Crippen molar-refractivity contribution in [2.75, 3.05) is 45.3 Å². The minimum Gasteiger partial charge on any atom is -0.497 e. The van der Waals surface area contributed by atoms with Crippen molar-refractivity contribution in [3.63, 3.8) is 0 Å². The Kier molecular flexibility index (Phi) is 7.54. The van der Waals surface area contributed by atoms with Gasteiger partial charge in [0, 0.05) is 50.2 Å². The summed E-state index contributed by atoms with van der Waals surface area (Å²) in [5.41, 5.74) is 1.74. The van der Waals surface area contributed by atoms with Gasteiger partial charge in [0.15, 0.2) is 5.75 Å². The van der Waals surface area contributed by atoms with Crippen molar-refractivity contribution in [3.8, 4) is 11.5 Å². The third kappa shape index (κ3) is 5.79. The highest BCUT2D eigenvalue weighted by Gasteiger charge is 2.20. The largest absolute Gasteiger partial charge is 0.497 e. The van der Waals surface area contributed by atoms with Gasteiger partial charge in [-0.2, -0.15) is 0 Å². The Morgan fingerprint density at radius 3 is 2.47 bits per heavy atom. The number of carbonyl (C=O) groups excluding carboxylic acids is 1. The normalized spacial score (nSPS) is 14.1. The van der Waals surface area contributed by atoms with Crippen LogP contribution in [-0.4, -0.2) is 55.8 Å². The van der Waals surface area contributed by atoms with Gasteiger partial charge >= 0.3 is 0 Å². The number of anilines is 1. The molecule has 1 N–H and O–H groups in total. The van der Waals surface area contributed by atoms with Crippen molar-refractivity contribution in [2.24, 2.45) is 0 Å². The van der Waals surface area contributed by atoms with E-state index in [1.165, 1.54) is 7.11 Å². The summed E-state index contributed by atoms with van der Waals surface area (Å²) in [4.78, 5) is 29.6. The Morgan fingerprint density at radius 1 is 1.06 bits per heavy atom. The maximum atomic E-state index is 12.6. The van der Waals surface area contributed by atoms with E-state index in [1.54, 1.807) is 42.3 Å². The van der Waals surface area contributed by atoms with Gasteiger partial charge in [0.25, 0.3) is 0 Å². The number of ether oxygens (including phenoxy) is 2. The Hall–Kier alpha value is -3.72. The third-order valence-corrected chi connectivity index (χ3v) is 5.95. The summed E-state index contributed by atoms with van der Waals surface area (Å²) < 4.78 is 17.5. The Labute approximate surface area is 198 Å². The van der Waals surface area contributed by atoms with Crippen LogP contribution in [0.3, 0.4) is 0 Å². The number of hydrogen-bond donors (Lipinski definition) is 1. The average Bonchev–Trinajstić information content (AvgIpc) is 3.39. The molecule has 0 spiro atoms. The molecule has 9 nitrogen and oxygen atoms in total. The number of amides is 1. The predicted molar refractivity (Wildman–Crippen MR) is 128 cm³/mol. The SMILES string of the molecule is COc1ccc(N2CCN(Cc3cc(=O)c(OC)cn3CC(=O)NCc3ccco3)CC2)cc1. The third-order valence-electron chi connectivity index (χ3n) is 5.95. The van der Waals surface area contributed by atoms with E-state index in [4.69, 9.17) is 13.9 Å². The minimum atomic E-state index is -0.193. The fourth-order valence-electron chi connectivity index (χ4n) is 4.03. The van der Waals surface area contributed by atoms with Crippen molar-refractivity contribution < 1.29 is 18.7 Å². The number of furan rings is 1. The molecular weight excluding hydrogens is 436 g/mol. The number of pyridine rings is 1. The van der Waals surface area contributed by atoms with E-state index in [1.807, 2.05) is 12.1 Å². The van der Waals surface area contributed by atoms with E-state index < -0.39 is 0 Å².